The summed E-state index contributed by atoms with van der Waals surface area (Å²) >= 11 is 0. The van der Waals surface area contributed by atoms with E-state index in [1.807, 2.05) is 19.1 Å². The second-order valence-electron chi connectivity index (χ2n) is 7.69. The molecule has 0 bridgehead atoms. The van der Waals surface area contributed by atoms with E-state index in [9.17, 15) is 10.1 Å². The zero-order valence-corrected chi connectivity index (χ0v) is 17.0. The summed E-state index contributed by atoms with van der Waals surface area (Å²) in [4.78, 5) is 15.7. The average Bonchev–Trinajstić information content (AvgIpc) is 2.65. The lowest BCUT2D eigenvalue weighted by Gasteiger charge is -2.26. The van der Waals surface area contributed by atoms with E-state index in [0.717, 1.165) is 17.5 Å². The minimum absolute atomic E-state index is 0.0997. The van der Waals surface area contributed by atoms with Crippen molar-refractivity contribution in [2.45, 2.75) is 46.1 Å². The van der Waals surface area contributed by atoms with Crippen molar-refractivity contribution < 1.29 is 9.53 Å². The first kappa shape index (κ1) is 21.4. The monoisotopic (exact) mass is 380 g/mol. The highest BCUT2D eigenvalue weighted by atomic mass is 16.5. The highest BCUT2D eigenvalue weighted by Gasteiger charge is 2.21. The predicted molar refractivity (Wildman–Crippen MR) is 111 cm³/mol. The van der Waals surface area contributed by atoms with Gasteiger partial charge in [0.25, 0.3) is 0 Å². The number of hydrogen-bond acceptors (Lipinski definition) is 5. The number of carbonyl (C=O) groups excluding carboxylic acids is 1. The second kappa shape index (κ2) is 9.34. The van der Waals surface area contributed by atoms with Gasteiger partial charge in [0.15, 0.2) is 0 Å². The summed E-state index contributed by atoms with van der Waals surface area (Å²) in [5.74, 6) is 1.36. The number of rotatable bonds is 8. The van der Waals surface area contributed by atoms with Crippen molar-refractivity contribution in [2.24, 2.45) is 11.7 Å². The van der Waals surface area contributed by atoms with Crippen molar-refractivity contribution in [3.8, 4) is 22.9 Å². The Morgan fingerprint density at radius 3 is 2.68 bits per heavy atom. The quantitative estimate of drug-likeness (QED) is 0.717. The lowest BCUT2D eigenvalue weighted by molar-refractivity contribution is -0.115. The predicted octanol–water partition coefficient (Wildman–Crippen LogP) is 4.11. The summed E-state index contributed by atoms with van der Waals surface area (Å²) in [7, 11) is 0. The van der Waals surface area contributed by atoms with E-state index >= 15 is 0 Å². The number of amides is 1. The van der Waals surface area contributed by atoms with Crippen LogP contribution in [0.1, 0.15) is 46.1 Å². The molecule has 6 nitrogen and oxygen atoms in total. The van der Waals surface area contributed by atoms with Crippen molar-refractivity contribution in [2.75, 3.05) is 11.9 Å². The van der Waals surface area contributed by atoms with E-state index in [4.69, 9.17) is 10.5 Å². The smallest absolute Gasteiger partial charge is 0.225 e. The third-order valence-electron chi connectivity index (χ3n) is 4.21. The molecule has 2 rings (SSSR count). The number of benzene rings is 1. The number of aromatic nitrogens is 1. The first-order valence-electron chi connectivity index (χ1n) is 9.46. The molecule has 0 saturated heterocycles. The van der Waals surface area contributed by atoms with E-state index in [2.05, 4.69) is 30.2 Å². The molecule has 0 fully saturated rings. The molecule has 1 atom stereocenters. The van der Waals surface area contributed by atoms with Gasteiger partial charge in [0, 0.05) is 18.2 Å². The van der Waals surface area contributed by atoms with Crippen molar-refractivity contribution >= 4 is 11.7 Å². The Kier molecular flexibility index (Phi) is 7.13. The van der Waals surface area contributed by atoms with E-state index < -0.39 is 5.54 Å². The highest BCUT2D eigenvalue weighted by Crippen LogP contribution is 2.28. The Labute approximate surface area is 166 Å². The molecule has 3 N–H and O–H groups in total. The Balaban J connectivity index is 2.20. The number of anilines is 1. The normalized spacial score (nSPS) is 12.9. The maximum Gasteiger partial charge on any atom is 0.225 e. The molecule has 0 spiro atoms. The van der Waals surface area contributed by atoms with Crippen LogP contribution in [0.25, 0.3) is 11.1 Å². The number of carbonyl (C=O) groups is 1. The van der Waals surface area contributed by atoms with Gasteiger partial charge in [-0.3, -0.25) is 4.79 Å². The van der Waals surface area contributed by atoms with Crippen molar-refractivity contribution in [1.82, 2.24) is 4.98 Å². The van der Waals surface area contributed by atoms with Gasteiger partial charge in [-0.15, -0.1) is 0 Å². The first-order chi connectivity index (χ1) is 13.2. The van der Waals surface area contributed by atoms with Crippen LogP contribution < -0.4 is 15.8 Å². The number of nitrogens with zero attached hydrogens (tertiary/aromatic N) is 2. The summed E-state index contributed by atoms with van der Waals surface area (Å²) in [6, 6.07) is 11.2. The number of pyridine rings is 1. The lowest BCUT2D eigenvalue weighted by atomic mass is 9.93. The summed E-state index contributed by atoms with van der Waals surface area (Å²) in [5.41, 5.74) is 7.97. The summed E-state index contributed by atoms with van der Waals surface area (Å²) in [6.07, 6.45) is 2.84. The van der Waals surface area contributed by atoms with Crippen LogP contribution in [0, 0.1) is 17.2 Å². The van der Waals surface area contributed by atoms with Crippen molar-refractivity contribution in [3.05, 3.63) is 42.1 Å². The lowest BCUT2D eigenvalue weighted by Crippen LogP contribution is -2.43. The highest BCUT2D eigenvalue weighted by molar-refractivity contribution is 5.90. The third kappa shape index (κ3) is 6.07. The number of nitrogens with two attached hydrogens (primary N) is 1. The van der Waals surface area contributed by atoms with Crippen LogP contribution >= 0.6 is 0 Å². The summed E-state index contributed by atoms with van der Waals surface area (Å²) < 4.78 is 5.86. The molecule has 2 aromatic rings. The van der Waals surface area contributed by atoms with Crippen LogP contribution in [-0.2, 0) is 4.79 Å². The van der Waals surface area contributed by atoms with Gasteiger partial charge >= 0.3 is 0 Å². The largest absolute Gasteiger partial charge is 0.490 e. The molecular weight excluding hydrogens is 352 g/mol. The van der Waals surface area contributed by atoms with Gasteiger partial charge in [-0.25, -0.2) is 4.98 Å². The molecule has 6 heteroatoms. The van der Waals surface area contributed by atoms with Gasteiger partial charge in [-0.05, 0) is 54.7 Å². The fourth-order valence-electron chi connectivity index (χ4n) is 3.07. The first-order valence-corrected chi connectivity index (χ1v) is 9.46. The third-order valence-corrected chi connectivity index (χ3v) is 4.21. The maximum atomic E-state index is 11.6. The molecule has 0 saturated carbocycles. The minimum Gasteiger partial charge on any atom is -0.490 e. The molecule has 0 aliphatic carbocycles. The Morgan fingerprint density at radius 2 is 2.04 bits per heavy atom. The van der Waals surface area contributed by atoms with E-state index in [1.54, 1.807) is 31.3 Å². The Morgan fingerprint density at radius 1 is 1.32 bits per heavy atom. The zero-order chi connectivity index (χ0) is 20.7. The number of nitriles is 1. The molecule has 28 heavy (non-hydrogen) atoms. The van der Waals surface area contributed by atoms with Crippen LogP contribution in [0.15, 0.2) is 36.5 Å². The van der Waals surface area contributed by atoms with Gasteiger partial charge in [0.05, 0.1) is 5.56 Å². The van der Waals surface area contributed by atoms with Crippen molar-refractivity contribution in [3.63, 3.8) is 0 Å². The van der Waals surface area contributed by atoms with Crippen LogP contribution in [0.3, 0.4) is 0 Å². The van der Waals surface area contributed by atoms with E-state index in [-0.39, 0.29) is 5.91 Å². The molecule has 0 radical (unpaired) electrons. The molecule has 148 valence electrons. The standard InChI is InChI=1S/C22H28N4O2/c1-5-21(27)26-20-11-17(8-9-25-20)16-6-7-19(18(10-16)13-23)28-14-22(4,24)12-15(2)3/h6-11,15H,5,12,14,24H2,1-4H3,(H,25,26,27)/t22-/m0/s1. The molecule has 0 unspecified atom stereocenters. The van der Waals surface area contributed by atoms with E-state index in [1.165, 1.54) is 0 Å². The van der Waals surface area contributed by atoms with Crippen molar-refractivity contribution in [1.29, 1.82) is 5.26 Å². The van der Waals surface area contributed by atoms with Crippen LogP contribution in [-0.4, -0.2) is 23.0 Å². The molecular formula is C22H28N4O2. The van der Waals surface area contributed by atoms with Crippen LogP contribution in [0.4, 0.5) is 5.82 Å². The molecule has 0 aliphatic rings. The van der Waals surface area contributed by atoms with Gasteiger partial charge < -0.3 is 15.8 Å². The summed E-state index contributed by atoms with van der Waals surface area (Å²) in [6.45, 7) is 8.31. The molecule has 0 aliphatic heterocycles. The molecule has 1 amide bonds. The average molecular weight is 380 g/mol. The Bertz CT molecular complexity index is 869. The summed E-state index contributed by atoms with van der Waals surface area (Å²) in [5, 5.41) is 12.3. The fourth-order valence-corrected chi connectivity index (χ4v) is 3.07. The van der Waals surface area contributed by atoms with Crippen LogP contribution in [0.2, 0.25) is 0 Å². The zero-order valence-electron chi connectivity index (χ0n) is 17.0. The maximum absolute atomic E-state index is 11.6. The van der Waals surface area contributed by atoms with Gasteiger partial charge in [0.1, 0.15) is 24.2 Å². The molecule has 1 aromatic carbocycles. The van der Waals surface area contributed by atoms with Gasteiger partial charge in [0.2, 0.25) is 5.91 Å². The topological polar surface area (TPSA) is 101 Å². The number of ether oxygens (including phenoxy) is 1. The fraction of sp³-hybridized carbons (Fsp3) is 0.409. The molecule has 1 aromatic heterocycles. The second-order valence-corrected chi connectivity index (χ2v) is 7.69. The minimum atomic E-state index is -0.461. The van der Waals surface area contributed by atoms with Gasteiger partial charge in [-0.2, -0.15) is 5.26 Å². The number of nitrogens with one attached hydrogen (secondary N) is 1. The SMILES string of the molecule is CCC(=O)Nc1cc(-c2ccc(OC[C@@](C)(N)CC(C)C)c(C#N)c2)ccn1. The van der Waals surface area contributed by atoms with E-state index in [0.29, 0.717) is 36.1 Å². The van der Waals surface area contributed by atoms with Crippen LogP contribution in [0.5, 0.6) is 5.75 Å². The molecule has 1 heterocycles. The number of hydrogen-bond donors (Lipinski definition) is 2. The Hall–Kier alpha value is -2.91. The van der Waals surface area contributed by atoms with Gasteiger partial charge in [-0.1, -0.05) is 26.8 Å².